The fourth-order valence-corrected chi connectivity index (χ4v) is 11.4. The average molecular weight is 1060 g/mol. The fraction of sp³-hybridized carbons (Fsp3) is 0. The Hall–Kier alpha value is -9.84. The van der Waals surface area contributed by atoms with Crippen LogP contribution in [0.2, 0.25) is 0 Å². The lowest BCUT2D eigenvalue weighted by atomic mass is 10.00. The normalized spacial score (nSPS) is 12.0. The number of nitrogens with zero attached hydrogens (tertiary/aromatic N) is 2. The molecule has 78 heavy (non-hydrogen) atoms. The maximum atomic E-state index is 14.4. The number of aromatic nitrogens is 4. The summed E-state index contributed by atoms with van der Waals surface area (Å²) >= 11 is 0. The Morgan fingerprint density at radius 2 is 0.692 bits per heavy atom. The first kappa shape index (κ1) is 49.1. The van der Waals surface area contributed by atoms with Crippen molar-refractivity contribution >= 4 is 98.2 Å². The van der Waals surface area contributed by atoms with Crippen LogP contribution in [0.4, 0.5) is 22.7 Å². The molecule has 0 aliphatic rings. The topological polar surface area (TPSA) is 224 Å². The van der Waals surface area contributed by atoms with Gasteiger partial charge >= 0.3 is 0 Å². The van der Waals surface area contributed by atoms with Crippen LogP contribution in [0.5, 0.6) is 0 Å². The second kappa shape index (κ2) is 19.7. The molecule has 2 heterocycles. The van der Waals surface area contributed by atoms with Crippen molar-refractivity contribution < 1.29 is 25.9 Å². The smallest absolute Gasteiger partial charge is 0.295 e. The van der Waals surface area contributed by atoms with Crippen molar-refractivity contribution in [1.29, 1.82) is 0 Å². The predicted octanol–water partition coefficient (Wildman–Crippen LogP) is 13.3. The van der Waals surface area contributed by atoms with Crippen LogP contribution < -0.4 is 21.8 Å². The molecule has 10 aromatic carbocycles. The highest BCUT2D eigenvalue weighted by atomic mass is 32.2. The number of rotatable bonds is 12. The number of benzene rings is 10. The number of H-pyrrole nitrogens is 2. The molecule has 0 saturated carbocycles. The van der Waals surface area contributed by atoms with Crippen molar-refractivity contribution in [3.05, 3.63) is 238 Å². The van der Waals surface area contributed by atoms with Crippen molar-refractivity contribution in [3.63, 3.8) is 0 Å². The minimum Gasteiger partial charge on any atom is -0.349 e. The van der Waals surface area contributed by atoms with Crippen LogP contribution in [0.3, 0.4) is 0 Å². The minimum absolute atomic E-state index is 0.00539. The Labute approximate surface area is 445 Å². The van der Waals surface area contributed by atoms with E-state index in [9.17, 15) is 35.5 Å². The molecule has 0 saturated heterocycles. The Morgan fingerprint density at radius 3 is 1.04 bits per heavy atom. The number of anilines is 4. The summed E-state index contributed by atoms with van der Waals surface area (Å²) in [6.07, 6.45) is 2.52. The Balaban J connectivity index is 0.913. The van der Waals surface area contributed by atoms with Gasteiger partial charge in [-0.25, -0.2) is 9.97 Å². The summed E-state index contributed by atoms with van der Waals surface area (Å²) in [6.45, 7) is 0. The zero-order chi connectivity index (χ0) is 53.7. The molecular weight excluding hydrogens is 1020 g/mol. The third-order valence-electron chi connectivity index (χ3n) is 13.6. The molecule has 380 valence electrons. The molecule has 0 radical (unpaired) electrons. The van der Waals surface area contributed by atoms with Gasteiger partial charge in [-0.3, -0.25) is 18.7 Å². The van der Waals surface area contributed by atoms with Crippen LogP contribution in [0.15, 0.2) is 226 Å². The van der Waals surface area contributed by atoms with Crippen LogP contribution in [-0.2, 0) is 20.2 Å². The van der Waals surface area contributed by atoms with E-state index in [4.69, 9.17) is 9.97 Å². The van der Waals surface area contributed by atoms with E-state index in [1.165, 1.54) is 36.4 Å². The van der Waals surface area contributed by atoms with Gasteiger partial charge in [0.2, 0.25) is 0 Å². The highest BCUT2D eigenvalue weighted by Crippen LogP contribution is 2.38. The van der Waals surface area contributed by atoms with E-state index in [0.29, 0.717) is 33.9 Å². The molecule has 12 rings (SSSR count). The van der Waals surface area contributed by atoms with Crippen LogP contribution in [0.25, 0.3) is 101 Å². The number of hydrogen-bond acceptors (Lipinski definition) is 10. The van der Waals surface area contributed by atoms with Crippen molar-refractivity contribution in [2.75, 3.05) is 10.6 Å². The molecule has 0 atom stereocenters. The number of nitrogens with one attached hydrogen (secondary N) is 4. The SMILES string of the molecule is O=c1[nH]c(-c2cccc3ccccc23)nc(-c2cccc3ccccc23)c1Nc1ccc(C=Cc2ccc(Nc3c(-c4cccc5ccccc45)nc(-c4cccc5ccccc45)[nH]c3=O)cc2S(=O)(=O)O)c(S(=O)(=O)O)c1. The quantitative estimate of drug-likeness (QED) is 0.0496. The third-order valence-corrected chi connectivity index (χ3v) is 15.4. The predicted molar refractivity (Wildman–Crippen MR) is 309 cm³/mol. The zero-order valence-corrected chi connectivity index (χ0v) is 42.5. The molecule has 2 aromatic heterocycles. The second-order valence-corrected chi connectivity index (χ2v) is 21.2. The van der Waals surface area contributed by atoms with Crippen molar-refractivity contribution in [2.45, 2.75) is 9.79 Å². The number of fused-ring (bicyclic) bond motifs is 4. The molecule has 0 unspecified atom stereocenters. The lowest BCUT2D eigenvalue weighted by Gasteiger charge is -2.16. The van der Waals surface area contributed by atoms with Gasteiger partial charge < -0.3 is 20.6 Å². The second-order valence-electron chi connectivity index (χ2n) is 18.4. The standard InChI is InChI=1S/C62H42N6O8S2/c69-61-57(55(49-25-9-17-37-13-1-5-21-45(37)49)65-59(67-61)51-27-11-19-39-15-3-7-23-47(39)51)63-43-33-31-41(53(35-43)77(71,72)73)29-30-42-32-34-44(36-54(42)78(74,75)76)64-58-56(50-26-10-18-38-14-2-6-22-46(38)50)66-60(68-62(58)70)52-28-12-20-40-16-4-8-24-48(40)52/h1-36,63-64H,(H,65,67,69)(H,66,68,70)(H,71,72,73)(H,74,75,76). The van der Waals surface area contributed by atoms with Gasteiger partial charge in [-0.2, -0.15) is 16.8 Å². The molecule has 14 nitrogen and oxygen atoms in total. The summed E-state index contributed by atoms with van der Waals surface area (Å²) < 4.78 is 73.9. The summed E-state index contributed by atoms with van der Waals surface area (Å²) in [6, 6.07) is 61.4. The first-order valence-electron chi connectivity index (χ1n) is 24.4. The molecule has 0 bridgehead atoms. The molecular formula is C62H42N6O8S2. The van der Waals surface area contributed by atoms with Gasteiger partial charge in [0.05, 0.1) is 0 Å². The van der Waals surface area contributed by atoms with Crippen LogP contribution >= 0.6 is 0 Å². The number of aromatic amines is 2. The molecule has 16 heteroatoms. The number of hydrogen-bond donors (Lipinski definition) is 6. The third kappa shape index (κ3) is 9.37. The zero-order valence-electron chi connectivity index (χ0n) is 40.8. The highest BCUT2D eigenvalue weighted by molar-refractivity contribution is 7.86. The minimum atomic E-state index is -4.98. The largest absolute Gasteiger partial charge is 0.349 e. The monoisotopic (exact) mass is 1060 g/mol. The Kier molecular flexibility index (Phi) is 12.4. The van der Waals surface area contributed by atoms with E-state index in [1.807, 2.05) is 170 Å². The first-order valence-corrected chi connectivity index (χ1v) is 27.3. The molecule has 0 amide bonds. The highest BCUT2D eigenvalue weighted by Gasteiger charge is 2.23. The van der Waals surface area contributed by atoms with Gasteiger partial charge in [0.15, 0.2) is 0 Å². The molecule has 12 aromatic rings. The Morgan fingerprint density at radius 1 is 0.385 bits per heavy atom. The average Bonchev–Trinajstić information content (AvgIpc) is 3.58. The van der Waals surface area contributed by atoms with E-state index in [2.05, 4.69) is 20.6 Å². The Bertz CT molecular complexity index is 4500. The van der Waals surface area contributed by atoms with Gasteiger partial charge in [-0.05, 0) is 78.5 Å². The summed E-state index contributed by atoms with van der Waals surface area (Å²) in [5, 5.41) is 13.2. The van der Waals surface area contributed by atoms with Crippen molar-refractivity contribution in [1.82, 2.24) is 19.9 Å². The van der Waals surface area contributed by atoms with Gasteiger partial charge in [0, 0.05) is 33.6 Å². The van der Waals surface area contributed by atoms with Crippen LogP contribution in [-0.4, -0.2) is 45.9 Å². The van der Waals surface area contributed by atoms with Gasteiger partial charge in [-0.1, -0.05) is 194 Å². The van der Waals surface area contributed by atoms with Crippen LogP contribution in [0.1, 0.15) is 11.1 Å². The lowest BCUT2D eigenvalue weighted by Crippen LogP contribution is -2.16. The molecule has 0 fully saturated rings. The van der Waals surface area contributed by atoms with Crippen molar-refractivity contribution in [3.8, 4) is 45.3 Å². The fourth-order valence-electron chi connectivity index (χ4n) is 9.97. The summed E-state index contributed by atoms with van der Waals surface area (Å²) in [5.41, 5.74) is 2.09. The molecule has 0 aliphatic carbocycles. The molecule has 6 N–H and O–H groups in total. The van der Waals surface area contributed by atoms with E-state index < -0.39 is 41.1 Å². The van der Waals surface area contributed by atoms with Crippen molar-refractivity contribution in [2.24, 2.45) is 0 Å². The van der Waals surface area contributed by atoms with Crippen LogP contribution in [0, 0.1) is 0 Å². The summed E-state index contributed by atoms with van der Waals surface area (Å²) in [5.74, 6) is 0.612. The van der Waals surface area contributed by atoms with E-state index in [-0.39, 0.29) is 45.3 Å². The van der Waals surface area contributed by atoms with Gasteiger partial charge in [-0.15, -0.1) is 0 Å². The van der Waals surface area contributed by atoms with E-state index in [0.717, 1.165) is 55.2 Å². The van der Waals surface area contributed by atoms with Gasteiger partial charge in [0.1, 0.15) is 44.2 Å². The van der Waals surface area contributed by atoms with Gasteiger partial charge in [0.25, 0.3) is 31.4 Å². The maximum absolute atomic E-state index is 14.4. The molecule has 0 spiro atoms. The molecule has 0 aliphatic heterocycles. The van der Waals surface area contributed by atoms with E-state index >= 15 is 0 Å². The summed E-state index contributed by atoms with van der Waals surface area (Å²) in [4.78, 5) is 43.5. The maximum Gasteiger partial charge on any atom is 0.295 e. The first-order chi connectivity index (χ1) is 37.7. The summed E-state index contributed by atoms with van der Waals surface area (Å²) in [7, 11) is -9.97. The van der Waals surface area contributed by atoms with E-state index in [1.54, 1.807) is 0 Å². The lowest BCUT2D eigenvalue weighted by molar-refractivity contribution is 0.480.